The number of carbonyl (C=O) groups excluding carboxylic acids is 2. The molecule has 0 aliphatic rings. The van der Waals surface area contributed by atoms with E-state index < -0.39 is 0 Å². The quantitative estimate of drug-likeness (QED) is 0.674. The predicted octanol–water partition coefficient (Wildman–Crippen LogP) is 4.15. The van der Waals surface area contributed by atoms with E-state index in [9.17, 15) is 9.59 Å². The van der Waals surface area contributed by atoms with E-state index in [0.717, 1.165) is 23.1 Å². The highest BCUT2D eigenvalue weighted by Gasteiger charge is 2.09. The third kappa shape index (κ3) is 6.80. The van der Waals surface area contributed by atoms with Gasteiger partial charge in [-0.05, 0) is 50.3 Å². The molecule has 0 saturated carbocycles. The van der Waals surface area contributed by atoms with Crippen LogP contribution in [-0.2, 0) is 11.2 Å². The van der Waals surface area contributed by atoms with Crippen molar-refractivity contribution in [3.8, 4) is 0 Å². The molecule has 0 atom stereocenters. The SMILES string of the molecule is CN(C)CCc1ccc(NC(=O)CCC(=O)c2ccc(Br)cc2)cc1. The second-order valence-electron chi connectivity index (χ2n) is 6.23. The molecule has 0 spiro atoms. The number of nitrogens with one attached hydrogen (secondary N) is 1. The van der Waals surface area contributed by atoms with Gasteiger partial charge in [0.1, 0.15) is 0 Å². The number of hydrogen-bond acceptors (Lipinski definition) is 3. The number of benzene rings is 2. The maximum Gasteiger partial charge on any atom is 0.224 e. The summed E-state index contributed by atoms with van der Waals surface area (Å²) in [5.41, 5.74) is 2.62. The van der Waals surface area contributed by atoms with Crippen LogP contribution in [0.15, 0.2) is 53.0 Å². The zero-order valence-electron chi connectivity index (χ0n) is 14.6. The third-order valence-electron chi connectivity index (χ3n) is 3.83. The Balaban J connectivity index is 1.79. The minimum atomic E-state index is -0.147. The zero-order valence-corrected chi connectivity index (χ0v) is 16.2. The molecule has 2 rings (SSSR count). The Kier molecular flexibility index (Phi) is 7.34. The number of amides is 1. The largest absolute Gasteiger partial charge is 0.326 e. The molecular formula is C20H23BrN2O2. The molecule has 4 nitrogen and oxygen atoms in total. The van der Waals surface area contributed by atoms with Gasteiger partial charge in [0, 0.05) is 35.1 Å². The average molecular weight is 403 g/mol. The molecule has 2 aromatic rings. The van der Waals surface area contributed by atoms with Crippen LogP contribution in [0, 0.1) is 0 Å². The highest BCUT2D eigenvalue weighted by molar-refractivity contribution is 9.10. The molecule has 0 aliphatic carbocycles. The van der Waals surface area contributed by atoms with E-state index in [0.29, 0.717) is 5.56 Å². The van der Waals surface area contributed by atoms with E-state index in [1.54, 1.807) is 12.1 Å². The third-order valence-corrected chi connectivity index (χ3v) is 4.36. The molecule has 0 heterocycles. The molecular weight excluding hydrogens is 380 g/mol. The molecule has 0 saturated heterocycles. The standard InChI is InChI=1S/C20H23BrN2O2/c1-23(2)14-13-15-3-9-18(10-4-15)22-20(25)12-11-19(24)16-5-7-17(21)8-6-16/h3-10H,11-14H2,1-2H3,(H,22,25). The number of Topliss-reactive ketones (excluding diaryl/α,β-unsaturated/α-hetero) is 1. The molecule has 132 valence electrons. The van der Waals surface area contributed by atoms with Crippen molar-refractivity contribution in [1.29, 1.82) is 0 Å². The highest BCUT2D eigenvalue weighted by atomic mass is 79.9. The Hall–Kier alpha value is -1.98. The second kappa shape index (κ2) is 9.49. The van der Waals surface area contributed by atoms with E-state index >= 15 is 0 Å². The number of carbonyl (C=O) groups is 2. The Bertz CT molecular complexity index is 709. The van der Waals surface area contributed by atoms with Crippen LogP contribution in [0.25, 0.3) is 0 Å². The number of halogens is 1. The minimum absolute atomic E-state index is 0.0262. The van der Waals surface area contributed by atoms with E-state index in [1.807, 2.05) is 50.5 Å². The first-order valence-electron chi connectivity index (χ1n) is 8.26. The summed E-state index contributed by atoms with van der Waals surface area (Å²) in [6.45, 7) is 0.990. The van der Waals surface area contributed by atoms with Crippen LogP contribution in [0.1, 0.15) is 28.8 Å². The van der Waals surface area contributed by atoms with Crippen LogP contribution in [0.4, 0.5) is 5.69 Å². The summed E-state index contributed by atoms with van der Waals surface area (Å²) in [6.07, 6.45) is 1.36. The number of anilines is 1. The molecule has 0 bridgehead atoms. The molecule has 0 aliphatic heterocycles. The van der Waals surface area contributed by atoms with Gasteiger partial charge in [-0.15, -0.1) is 0 Å². The van der Waals surface area contributed by atoms with Crippen molar-refractivity contribution in [3.63, 3.8) is 0 Å². The lowest BCUT2D eigenvalue weighted by Gasteiger charge is -2.10. The summed E-state index contributed by atoms with van der Waals surface area (Å²) in [6, 6.07) is 15.0. The van der Waals surface area contributed by atoms with Crippen molar-refractivity contribution in [3.05, 3.63) is 64.1 Å². The lowest BCUT2D eigenvalue weighted by atomic mass is 10.1. The summed E-state index contributed by atoms with van der Waals surface area (Å²) < 4.78 is 0.927. The average Bonchev–Trinajstić information content (AvgIpc) is 2.59. The van der Waals surface area contributed by atoms with Gasteiger partial charge in [0.05, 0.1) is 0 Å². The van der Waals surface area contributed by atoms with Gasteiger partial charge in [-0.1, -0.05) is 40.2 Å². The molecule has 0 aromatic heterocycles. The monoisotopic (exact) mass is 402 g/mol. The van der Waals surface area contributed by atoms with Crippen LogP contribution < -0.4 is 5.32 Å². The van der Waals surface area contributed by atoms with Crippen LogP contribution in [0.5, 0.6) is 0 Å². The summed E-state index contributed by atoms with van der Waals surface area (Å²) >= 11 is 3.34. The topological polar surface area (TPSA) is 49.4 Å². The maximum absolute atomic E-state index is 12.1. The second-order valence-corrected chi connectivity index (χ2v) is 7.14. The smallest absolute Gasteiger partial charge is 0.224 e. The molecule has 0 radical (unpaired) electrons. The van der Waals surface area contributed by atoms with Gasteiger partial charge in [0.15, 0.2) is 5.78 Å². The maximum atomic E-state index is 12.1. The van der Waals surface area contributed by atoms with Crippen molar-refractivity contribution in [2.75, 3.05) is 26.0 Å². The Morgan fingerprint density at radius 3 is 2.20 bits per heavy atom. The first kappa shape index (κ1) is 19.3. The number of nitrogens with zero attached hydrogens (tertiary/aromatic N) is 1. The molecule has 2 aromatic carbocycles. The molecule has 0 unspecified atom stereocenters. The van der Waals surface area contributed by atoms with Gasteiger partial charge in [0.2, 0.25) is 5.91 Å². The Morgan fingerprint density at radius 1 is 0.960 bits per heavy atom. The summed E-state index contributed by atoms with van der Waals surface area (Å²) in [7, 11) is 4.09. The normalized spacial score (nSPS) is 10.7. The summed E-state index contributed by atoms with van der Waals surface area (Å²) in [4.78, 5) is 26.2. The van der Waals surface area contributed by atoms with Crippen LogP contribution >= 0.6 is 15.9 Å². The lowest BCUT2D eigenvalue weighted by Crippen LogP contribution is -2.15. The van der Waals surface area contributed by atoms with Crippen LogP contribution in [0.2, 0.25) is 0 Å². The lowest BCUT2D eigenvalue weighted by molar-refractivity contribution is -0.116. The molecule has 1 N–H and O–H groups in total. The fourth-order valence-corrected chi connectivity index (χ4v) is 2.60. The van der Waals surface area contributed by atoms with Crippen molar-refractivity contribution < 1.29 is 9.59 Å². The summed E-state index contributed by atoms with van der Waals surface area (Å²) in [5, 5.41) is 2.84. The zero-order chi connectivity index (χ0) is 18.2. The Morgan fingerprint density at radius 2 is 1.60 bits per heavy atom. The van der Waals surface area contributed by atoms with E-state index in [1.165, 1.54) is 5.56 Å². The van der Waals surface area contributed by atoms with Gasteiger partial charge >= 0.3 is 0 Å². The number of hydrogen-bond donors (Lipinski definition) is 1. The van der Waals surface area contributed by atoms with E-state index in [2.05, 4.69) is 26.1 Å². The van der Waals surface area contributed by atoms with Crippen molar-refractivity contribution in [1.82, 2.24) is 4.90 Å². The predicted molar refractivity (Wildman–Crippen MR) is 105 cm³/mol. The van der Waals surface area contributed by atoms with Crippen molar-refractivity contribution in [2.24, 2.45) is 0 Å². The molecule has 5 heteroatoms. The van der Waals surface area contributed by atoms with Gasteiger partial charge in [0.25, 0.3) is 0 Å². The van der Waals surface area contributed by atoms with Crippen LogP contribution in [-0.4, -0.2) is 37.2 Å². The summed E-state index contributed by atoms with van der Waals surface area (Å²) in [5.74, 6) is -0.173. The minimum Gasteiger partial charge on any atom is -0.326 e. The highest BCUT2D eigenvalue weighted by Crippen LogP contribution is 2.14. The van der Waals surface area contributed by atoms with Crippen molar-refractivity contribution in [2.45, 2.75) is 19.3 Å². The molecule has 25 heavy (non-hydrogen) atoms. The molecule has 1 amide bonds. The van der Waals surface area contributed by atoms with E-state index in [-0.39, 0.29) is 24.5 Å². The van der Waals surface area contributed by atoms with Gasteiger partial charge in [-0.2, -0.15) is 0 Å². The van der Waals surface area contributed by atoms with Crippen LogP contribution in [0.3, 0.4) is 0 Å². The van der Waals surface area contributed by atoms with Gasteiger partial charge < -0.3 is 10.2 Å². The number of rotatable bonds is 8. The molecule has 0 fully saturated rings. The van der Waals surface area contributed by atoms with E-state index in [4.69, 9.17) is 0 Å². The first-order valence-corrected chi connectivity index (χ1v) is 9.05. The van der Waals surface area contributed by atoms with Gasteiger partial charge in [-0.3, -0.25) is 9.59 Å². The fourth-order valence-electron chi connectivity index (χ4n) is 2.34. The Labute approximate surface area is 157 Å². The van der Waals surface area contributed by atoms with Crippen molar-refractivity contribution >= 4 is 33.3 Å². The number of ketones is 1. The number of likely N-dealkylation sites (N-methyl/N-ethyl adjacent to an activating group) is 1. The fraction of sp³-hybridized carbons (Fsp3) is 0.300. The first-order chi connectivity index (χ1) is 11.9. The van der Waals surface area contributed by atoms with Gasteiger partial charge in [-0.25, -0.2) is 0 Å².